The van der Waals surface area contributed by atoms with E-state index in [1.807, 2.05) is 13.0 Å². The summed E-state index contributed by atoms with van der Waals surface area (Å²) in [5.41, 5.74) is -2.22. The van der Waals surface area contributed by atoms with Gasteiger partial charge in [-0.15, -0.1) is 0 Å². The van der Waals surface area contributed by atoms with Crippen molar-refractivity contribution in [2.24, 2.45) is 28.6 Å². The normalized spacial score (nSPS) is 43.9. The molecular weight excluding hydrogens is 435 g/mol. The van der Waals surface area contributed by atoms with Crippen molar-refractivity contribution in [2.75, 3.05) is 6.61 Å². The molecule has 4 aliphatic carbocycles. The molecule has 0 aromatic carbocycles. The number of fused-ring (bicyclic) bond motifs is 5. The number of Topliss-reactive ketones (excluding diaryl/α,β-unsaturated/α-hetero) is 1. The molecular formula is C21H29NaO8S. The van der Waals surface area contributed by atoms with Crippen molar-refractivity contribution >= 4 is 22.0 Å². The molecule has 0 spiro atoms. The molecule has 3 fully saturated rings. The fraction of sp³-hybridized carbons (Fsp3) is 0.714. The van der Waals surface area contributed by atoms with Crippen LogP contribution in [-0.4, -0.2) is 53.1 Å². The van der Waals surface area contributed by atoms with E-state index < -0.39 is 45.3 Å². The number of ketones is 2. The van der Waals surface area contributed by atoms with Crippen molar-refractivity contribution < 1.29 is 67.9 Å². The fourth-order valence-corrected chi connectivity index (χ4v) is 7.29. The van der Waals surface area contributed by atoms with Crippen molar-refractivity contribution in [3.05, 3.63) is 23.8 Å². The average Bonchev–Trinajstić information content (AvgIpc) is 2.91. The monoisotopic (exact) mass is 464 g/mol. The summed E-state index contributed by atoms with van der Waals surface area (Å²) in [6.45, 7) is 2.87. The third kappa shape index (κ3) is 3.85. The van der Waals surface area contributed by atoms with Gasteiger partial charge in [-0.25, -0.2) is 4.18 Å². The third-order valence-corrected chi connectivity index (χ3v) is 8.86. The summed E-state index contributed by atoms with van der Waals surface area (Å²) in [5, 5.41) is 22.6. The number of hydrogen-bond donors (Lipinski definition) is 3. The van der Waals surface area contributed by atoms with Crippen LogP contribution in [-0.2, 0) is 24.2 Å². The van der Waals surface area contributed by atoms with Gasteiger partial charge in [0.05, 0.1) is 6.10 Å². The molecule has 4 aliphatic rings. The smallest absolute Gasteiger partial charge is 1.00 e. The molecule has 7 atom stereocenters. The molecule has 8 nitrogen and oxygen atoms in total. The van der Waals surface area contributed by atoms with Crippen LogP contribution >= 0.6 is 0 Å². The maximum absolute atomic E-state index is 12.8. The molecule has 0 bridgehead atoms. The molecule has 0 unspecified atom stereocenters. The number of allylic oxidation sites excluding steroid dienone is 4. The van der Waals surface area contributed by atoms with E-state index in [-0.39, 0.29) is 67.4 Å². The molecule has 31 heavy (non-hydrogen) atoms. The van der Waals surface area contributed by atoms with Crippen molar-refractivity contribution in [3.8, 4) is 0 Å². The Balaban J connectivity index is 0.00000181. The zero-order chi connectivity index (χ0) is 22.1. The topological polar surface area (TPSA) is 138 Å². The molecule has 0 aliphatic heterocycles. The Labute approximate surface area is 205 Å². The summed E-state index contributed by atoms with van der Waals surface area (Å²) in [6.07, 6.45) is 6.65. The molecule has 3 saturated carbocycles. The molecule has 4 rings (SSSR count). The summed E-state index contributed by atoms with van der Waals surface area (Å²) < 4.78 is 34.8. The van der Waals surface area contributed by atoms with Gasteiger partial charge in [-0.1, -0.05) is 25.5 Å². The zero-order valence-corrected chi connectivity index (χ0v) is 20.9. The van der Waals surface area contributed by atoms with Crippen LogP contribution in [0.3, 0.4) is 0 Å². The van der Waals surface area contributed by atoms with E-state index in [1.54, 1.807) is 19.1 Å². The Bertz CT molecular complexity index is 965. The zero-order valence-electron chi connectivity index (χ0n) is 19.1. The summed E-state index contributed by atoms with van der Waals surface area (Å²) in [6, 6.07) is 0. The molecule has 0 radical (unpaired) electrons. The van der Waals surface area contributed by atoms with Crippen LogP contribution in [0.4, 0.5) is 0 Å². The Morgan fingerprint density at radius 2 is 2.00 bits per heavy atom. The van der Waals surface area contributed by atoms with E-state index in [0.29, 0.717) is 12.8 Å². The predicted octanol–water partition coefficient (Wildman–Crippen LogP) is -1.50. The van der Waals surface area contributed by atoms with Gasteiger partial charge in [0.15, 0.2) is 11.6 Å². The van der Waals surface area contributed by atoms with Crippen LogP contribution in [0.25, 0.3) is 0 Å². The van der Waals surface area contributed by atoms with Crippen molar-refractivity contribution in [3.63, 3.8) is 0 Å². The molecule has 10 heteroatoms. The predicted molar refractivity (Wildman–Crippen MR) is 107 cm³/mol. The van der Waals surface area contributed by atoms with Crippen LogP contribution in [0, 0.1) is 28.6 Å². The fourth-order valence-electron chi connectivity index (χ4n) is 7.04. The number of carbonyl (C=O) groups is 2. The van der Waals surface area contributed by atoms with E-state index in [9.17, 15) is 28.2 Å². The van der Waals surface area contributed by atoms with Gasteiger partial charge in [-0.2, -0.15) is 8.42 Å². The van der Waals surface area contributed by atoms with E-state index in [4.69, 9.17) is 4.55 Å². The number of aliphatic hydroxyl groups is 2. The third-order valence-electron chi connectivity index (χ3n) is 8.45. The molecule has 3 N–H and O–H groups in total. The molecule has 0 aromatic rings. The minimum atomic E-state index is -4.80. The Kier molecular flexibility index (Phi) is 6.62. The van der Waals surface area contributed by atoms with Gasteiger partial charge >= 0.3 is 40.0 Å². The molecule has 0 aromatic heterocycles. The van der Waals surface area contributed by atoms with E-state index >= 15 is 0 Å². The Morgan fingerprint density at radius 1 is 1.32 bits per heavy atom. The Hall–Kier alpha value is -0.390. The summed E-state index contributed by atoms with van der Waals surface area (Å²) in [5.74, 6) is -0.984. The second-order valence-corrected chi connectivity index (χ2v) is 10.8. The number of rotatable bonds is 4. The summed E-state index contributed by atoms with van der Waals surface area (Å²) >= 11 is 0. The van der Waals surface area contributed by atoms with Gasteiger partial charge in [-0.05, 0) is 56.1 Å². The quantitative estimate of drug-likeness (QED) is 0.338. The second kappa shape index (κ2) is 8.13. The van der Waals surface area contributed by atoms with E-state index in [2.05, 4.69) is 4.18 Å². The van der Waals surface area contributed by atoms with Crippen molar-refractivity contribution in [1.82, 2.24) is 0 Å². The van der Waals surface area contributed by atoms with Gasteiger partial charge in [0, 0.05) is 16.7 Å². The number of carbonyl (C=O) groups excluding carboxylic acids is 2. The van der Waals surface area contributed by atoms with Gasteiger partial charge in [-0.3, -0.25) is 14.1 Å². The van der Waals surface area contributed by atoms with Gasteiger partial charge < -0.3 is 11.6 Å². The van der Waals surface area contributed by atoms with Crippen LogP contribution in [0.1, 0.15) is 47.4 Å². The standard InChI is InChI=1S/C21H28O8S.Na.H/c1-19-7-5-13(22)9-12(19)3-4-14-15-6-8-21(25,17(24)11-29-30(26,27)28)20(15,2)10-16(23)18(14)19;;/h5,7,9,14-16,18,23,25H,3-4,6,8,10-11H2,1-2H3,(H,26,27,28);;/q;+1;-1/t14-,15-,16-,18+,19-,20-,21-;;/m0../s1. The minimum Gasteiger partial charge on any atom is -1.00 e. The maximum Gasteiger partial charge on any atom is 1.00 e. The number of aliphatic hydroxyl groups excluding tert-OH is 1. The largest absolute Gasteiger partial charge is 1.00 e. The minimum absolute atomic E-state index is 0. The van der Waals surface area contributed by atoms with Crippen molar-refractivity contribution in [2.45, 2.75) is 57.7 Å². The summed E-state index contributed by atoms with van der Waals surface area (Å²) in [7, 11) is -4.80. The SMILES string of the molecule is C[C@]12C=CC(=O)C=C1CC[C@@H]1[C@@H]2[C@@H](O)C[C@@]2(C)[C@H]1CC[C@]2(O)C(=O)COS(=O)(=O)O.[H-].[Na+]. The van der Waals surface area contributed by atoms with Crippen LogP contribution in [0.15, 0.2) is 23.8 Å². The summed E-state index contributed by atoms with van der Waals surface area (Å²) in [4.78, 5) is 24.6. The van der Waals surface area contributed by atoms with Gasteiger partial charge in [0.25, 0.3) is 0 Å². The first kappa shape index (κ1) is 25.2. The van der Waals surface area contributed by atoms with Crippen LogP contribution < -0.4 is 29.6 Å². The van der Waals surface area contributed by atoms with Crippen molar-refractivity contribution in [1.29, 1.82) is 0 Å². The van der Waals surface area contributed by atoms with Gasteiger partial charge in [0.2, 0.25) is 0 Å². The van der Waals surface area contributed by atoms with Gasteiger partial charge in [0.1, 0.15) is 12.2 Å². The van der Waals surface area contributed by atoms with Crippen LogP contribution in [0.5, 0.6) is 0 Å². The number of hydrogen-bond acceptors (Lipinski definition) is 7. The first-order valence-corrected chi connectivity index (χ1v) is 11.7. The molecule has 0 amide bonds. The van der Waals surface area contributed by atoms with Crippen LogP contribution in [0.2, 0.25) is 0 Å². The molecule has 0 saturated heterocycles. The second-order valence-electron chi connectivity index (χ2n) is 9.72. The first-order chi connectivity index (χ1) is 13.8. The van der Waals surface area contributed by atoms with E-state index in [1.165, 1.54) is 0 Å². The molecule has 168 valence electrons. The Morgan fingerprint density at radius 3 is 2.65 bits per heavy atom. The molecule has 0 heterocycles. The first-order valence-electron chi connectivity index (χ1n) is 10.3. The average molecular weight is 465 g/mol. The maximum atomic E-state index is 12.8. The van der Waals surface area contributed by atoms with E-state index in [0.717, 1.165) is 12.0 Å².